The highest BCUT2D eigenvalue weighted by Gasteiger charge is 2.60. The standard InChI is InChI=1S/C36H50N4O3/c1-22-16-32-33(40(20-22)34(41)42-21-25-8-6-5-7-9-25)24(3)36(43-32)15-13-28-29-11-10-26-17-27(38-39-37)12-14-35(26,4)31(29)18-30(28)23(2)19-36/h5-9,22,24,26-29,31-33H,10-21H2,1-4H3/t22-,24+,26+,27-,28-,29-,31-,32+,33-,35-,36-/m0/s1. The molecule has 7 nitrogen and oxygen atoms in total. The van der Waals surface area contributed by atoms with E-state index in [1.54, 1.807) is 11.1 Å². The third-order valence-electron chi connectivity index (χ3n) is 13.4. The average molecular weight is 587 g/mol. The van der Waals surface area contributed by atoms with Gasteiger partial charge in [0.1, 0.15) is 6.61 Å². The SMILES string of the molecule is CC1=C2C[C@H]3[C@@H](CC[C@@H]4C[C@@H](N=[N+]=[N-])CC[C@@]43C)[C@@H]2CC[C@@]2(C1)O[C@@H]1C[C@H](C)CN(C(=O)OCc3ccccc3)[C@H]1[C@H]2C. The molecule has 1 spiro atoms. The molecule has 1 aromatic rings. The Morgan fingerprint density at radius 3 is 2.74 bits per heavy atom. The molecule has 2 heterocycles. The third kappa shape index (κ3) is 4.90. The number of fused-ring (bicyclic) bond motifs is 6. The number of ether oxygens (including phenoxy) is 2. The van der Waals surface area contributed by atoms with Crippen molar-refractivity contribution in [1.82, 2.24) is 4.90 Å². The number of piperidine rings is 1. The minimum Gasteiger partial charge on any atom is -0.445 e. The molecule has 0 bridgehead atoms. The van der Waals surface area contributed by atoms with Crippen LogP contribution in [0.2, 0.25) is 0 Å². The summed E-state index contributed by atoms with van der Waals surface area (Å²) in [6, 6.07) is 10.2. The molecule has 6 aliphatic rings. The summed E-state index contributed by atoms with van der Waals surface area (Å²) in [4.78, 5) is 18.7. The number of carbonyl (C=O) groups excluding carboxylic acids is 1. The van der Waals surface area contributed by atoms with E-state index in [0.29, 0.717) is 29.8 Å². The average Bonchev–Trinajstić information content (AvgIpc) is 3.46. The highest BCUT2D eigenvalue weighted by molar-refractivity contribution is 5.68. The number of hydrogen-bond acceptors (Lipinski definition) is 4. The summed E-state index contributed by atoms with van der Waals surface area (Å²) < 4.78 is 13.1. The molecule has 5 fully saturated rings. The zero-order valence-electron chi connectivity index (χ0n) is 26.6. The summed E-state index contributed by atoms with van der Waals surface area (Å²) in [6.45, 7) is 10.6. The Kier molecular flexibility index (Phi) is 7.57. The van der Waals surface area contributed by atoms with Gasteiger partial charge < -0.3 is 14.4 Å². The molecule has 3 saturated carbocycles. The quantitative estimate of drug-likeness (QED) is 0.153. The van der Waals surface area contributed by atoms with Crippen molar-refractivity contribution < 1.29 is 14.3 Å². The first kappa shape index (κ1) is 29.2. The van der Waals surface area contributed by atoms with Crippen LogP contribution in [0.15, 0.2) is 46.6 Å². The summed E-state index contributed by atoms with van der Waals surface area (Å²) in [6.07, 6.45) is 11.3. The monoisotopic (exact) mass is 586 g/mol. The molecule has 43 heavy (non-hydrogen) atoms. The normalized spacial score (nSPS) is 43.6. The van der Waals surface area contributed by atoms with E-state index in [1.165, 1.54) is 32.1 Å². The molecule has 11 atom stereocenters. The van der Waals surface area contributed by atoms with Crippen LogP contribution < -0.4 is 0 Å². The number of allylic oxidation sites excluding steroid dienone is 1. The third-order valence-corrected chi connectivity index (χ3v) is 13.4. The number of benzene rings is 1. The second kappa shape index (κ2) is 11.1. The van der Waals surface area contributed by atoms with E-state index in [-0.39, 0.29) is 35.8 Å². The molecule has 0 unspecified atom stereocenters. The van der Waals surface area contributed by atoms with E-state index in [2.05, 4.69) is 37.7 Å². The van der Waals surface area contributed by atoms with Crippen LogP contribution in [0, 0.1) is 40.9 Å². The van der Waals surface area contributed by atoms with Gasteiger partial charge in [-0.2, -0.15) is 0 Å². The van der Waals surface area contributed by atoms with Crippen molar-refractivity contribution in [2.75, 3.05) is 6.54 Å². The van der Waals surface area contributed by atoms with Crippen molar-refractivity contribution in [1.29, 1.82) is 0 Å². The van der Waals surface area contributed by atoms with Crippen LogP contribution in [0.1, 0.15) is 97.5 Å². The maximum absolute atomic E-state index is 13.5. The Morgan fingerprint density at radius 1 is 1.14 bits per heavy atom. The Balaban J connectivity index is 1.10. The molecule has 0 N–H and O–H groups in total. The van der Waals surface area contributed by atoms with E-state index in [9.17, 15) is 4.79 Å². The first-order valence-corrected chi connectivity index (χ1v) is 17.1. The Hall–Kier alpha value is -2.50. The van der Waals surface area contributed by atoms with Gasteiger partial charge in [-0.1, -0.05) is 67.4 Å². The minimum atomic E-state index is -0.206. The molecule has 1 amide bonds. The molecule has 1 aromatic carbocycles. The molecule has 2 saturated heterocycles. The maximum atomic E-state index is 13.5. The molecule has 0 radical (unpaired) electrons. The van der Waals surface area contributed by atoms with E-state index < -0.39 is 0 Å². The molecule has 7 heteroatoms. The fourth-order valence-electron chi connectivity index (χ4n) is 11.2. The zero-order valence-corrected chi connectivity index (χ0v) is 26.6. The lowest BCUT2D eigenvalue weighted by atomic mass is 9.52. The van der Waals surface area contributed by atoms with Gasteiger partial charge in [0.05, 0.1) is 17.7 Å². The highest BCUT2D eigenvalue weighted by atomic mass is 16.6. The Morgan fingerprint density at radius 2 is 1.95 bits per heavy atom. The predicted octanol–water partition coefficient (Wildman–Crippen LogP) is 8.84. The summed E-state index contributed by atoms with van der Waals surface area (Å²) >= 11 is 0. The van der Waals surface area contributed by atoms with Gasteiger partial charge in [-0.25, -0.2) is 4.79 Å². The Bertz CT molecular complexity index is 1310. The molecule has 232 valence electrons. The summed E-state index contributed by atoms with van der Waals surface area (Å²) in [5.41, 5.74) is 13.5. The number of azide groups is 1. The lowest BCUT2D eigenvalue weighted by Gasteiger charge is -2.53. The van der Waals surface area contributed by atoms with Crippen LogP contribution in [0.5, 0.6) is 0 Å². The fourth-order valence-corrected chi connectivity index (χ4v) is 11.2. The second-order valence-electron chi connectivity index (χ2n) is 15.5. The number of likely N-dealkylation sites (tertiary alicyclic amines) is 1. The maximum Gasteiger partial charge on any atom is 0.410 e. The van der Waals surface area contributed by atoms with Gasteiger partial charge in [-0.05, 0) is 117 Å². The number of rotatable bonds is 3. The topological polar surface area (TPSA) is 87.5 Å². The zero-order chi connectivity index (χ0) is 29.9. The smallest absolute Gasteiger partial charge is 0.410 e. The lowest BCUT2D eigenvalue weighted by Crippen LogP contribution is -2.54. The number of amides is 1. The molecular formula is C36H50N4O3. The minimum absolute atomic E-state index is 0.0727. The van der Waals surface area contributed by atoms with Crippen molar-refractivity contribution in [3.05, 3.63) is 57.5 Å². The van der Waals surface area contributed by atoms with Crippen molar-refractivity contribution in [3.8, 4) is 0 Å². The summed E-state index contributed by atoms with van der Waals surface area (Å²) in [5, 5.41) is 4.14. The van der Waals surface area contributed by atoms with Crippen molar-refractivity contribution in [2.45, 2.75) is 122 Å². The second-order valence-corrected chi connectivity index (χ2v) is 15.5. The molecule has 2 aliphatic heterocycles. The van der Waals surface area contributed by atoms with Gasteiger partial charge in [-0.3, -0.25) is 0 Å². The Labute approximate surface area is 257 Å². The van der Waals surface area contributed by atoms with Crippen LogP contribution in [0.3, 0.4) is 0 Å². The number of carbonyl (C=O) groups is 1. The largest absolute Gasteiger partial charge is 0.445 e. The van der Waals surface area contributed by atoms with Gasteiger partial charge in [0.15, 0.2) is 0 Å². The fraction of sp³-hybridized carbons (Fsp3) is 0.750. The molecule has 0 aromatic heterocycles. The van der Waals surface area contributed by atoms with Crippen molar-refractivity contribution in [2.24, 2.45) is 46.0 Å². The van der Waals surface area contributed by atoms with E-state index in [4.69, 9.17) is 15.0 Å². The van der Waals surface area contributed by atoms with E-state index in [1.807, 2.05) is 35.2 Å². The van der Waals surface area contributed by atoms with Gasteiger partial charge >= 0.3 is 6.09 Å². The summed E-state index contributed by atoms with van der Waals surface area (Å²) in [7, 11) is 0. The number of nitrogens with zero attached hydrogens (tertiary/aromatic N) is 4. The lowest BCUT2D eigenvalue weighted by molar-refractivity contribution is -0.0802. The van der Waals surface area contributed by atoms with E-state index >= 15 is 0 Å². The molecule has 7 rings (SSSR count). The predicted molar refractivity (Wildman–Crippen MR) is 167 cm³/mol. The van der Waals surface area contributed by atoms with Gasteiger partial charge in [0, 0.05) is 23.4 Å². The van der Waals surface area contributed by atoms with Crippen molar-refractivity contribution >= 4 is 6.09 Å². The number of hydrogen-bond donors (Lipinski definition) is 0. The molecular weight excluding hydrogens is 536 g/mol. The van der Waals surface area contributed by atoms with Gasteiger partial charge in [-0.15, -0.1) is 0 Å². The van der Waals surface area contributed by atoms with Gasteiger partial charge in [0.2, 0.25) is 0 Å². The van der Waals surface area contributed by atoms with Crippen molar-refractivity contribution in [3.63, 3.8) is 0 Å². The van der Waals surface area contributed by atoms with E-state index in [0.717, 1.165) is 56.0 Å². The molecule has 4 aliphatic carbocycles. The van der Waals surface area contributed by atoms with Crippen LogP contribution >= 0.6 is 0 Å². The van der Waals surface area contributed by atoms with Crippen LogP contribution in [-0.4, -0.2) is 41.3 Å². The van der Waals surface area contributed by atoms with Crippen LogP contribution in [-0.2, 0) is 16.1 Å². The first-order valence-electron chi connectivity index (χ1n) is 17.1. The highest BCUT2D eigenvalue weighted by Crippen LogP contribution is 2.65. The van der Waals surface area contributed by atoms with Crippen LogP contribution in [0.4, 0.5) is 4.79 Å². The van der Waals surface area contributed by atoms with Gasteiger partial charge in [0.25, 0.3) is 0 Å². The van der Waals surface area contributed by atoms with Crippen LogP contribution in [0.25, 0.3) is 10.4 Å². The first-order chi connectivity index (χ1) is 20.7. The summed E-state index contributed by atoms with van der Waals surface area (Å²) in [5.74, 6) is 3.53.